The van der Waals surface area contributed by atoms with E-state index in [1.807, 2.05) is 60.8 Å². The lowest BCUT2D eigenvalue weighted by atomic mass is 9.94. The highest BCUT2D eigenvalue weighted by atomic mass is 32.2. The molecule has 1 atom stereocenters. The Labute approximate surface area is 147 Å². The number of nitrogens with one attached hydrogen (secondary N) is 1. The molecular weight excluding hydrogens is 338 g/mol. The van der Waals surface area contributed by atoms with Gasteiger partial charge in [0, 0.05) is 12.5 Å². The number of thiophene rings is 1. The molecule has 3 rings (SSSR count). The second kappa shape index (κ2) is 7.30. The van der Waals surface area contributed by atoms with Gasteiger partial charge in [-0.05, 0) is 47.0 Å². The van der Waals surface area contributed by atoms with Gasteiger partial charge in [0.1, 0.15) is 0 Å². The van der Waals surface area contributed by atoms with Crippen LogP contribution in [0.25, 0.3) is 0 Å². The van der Waals surface area contributed by atoms with Crippen molar-refractivity contribution in [1.82, 2.24) is 4.72 Å². The maximum atomic E-state index is 12.5. The highest BCUT2D eigenvalue weighted by Crippen LogP contribution is 2.26. The summed E-state index contributed by atoms with van der Waals surface area (Å²) in [5.41, 5.74) is 3.26. The van der Waals surface area contributed by atoms with Gasteiger partial charge in [-0.3, -0.25) is 0 Å². The van der Waals surface area contributed by atoms with Crippen LogP contribution in [-0.2, 0) is 10.0 Å². The van der Waals surface area contributed by atoms with Gasteiger partial charge in [0.25, 0.3) is 0 Å². The molecule has 124 valence electrons. The average Bonchev–Trinajstić information content (AvgIpc) is 3.11. The van der Waals surface area contributed by atoms with E-state index in [1.54, 1.807) is 23.5 Å². The maximum Gasteiger partial charge on any atom is 0.240 e. The van der Waals surface area contributed by atoms with Crippen LogP contribution in [0.5, 0.6) is 0 Å². The Balaban J connectivity index is 1.82. The highest BCUT2D eigenvalue weighted by Gasteiger charge is 2.19. The molecule has 3 nitrogen and oxygen atoms in total. The Hall–Kier alpha value is -1.95. The monoisotopic (exact) mass is 357 g/mol. The fourth-order valence-electron chi connectivity index (χ4n) is 2.58. The Kier molecular flexibility index (Phi) is 5.14. The van der Waals surface area contributed by atoms with Crippen molar-refractivity contribution in [3.05, 3.63) is 88.1 Å². The lowest BCUT2D eigenvalue weighted by Crippen LogP contribution is -2.29. The van der Waals surface area contributed by atoms with Crippen LogP contribution in [0.4, 0.5) is 0 Å². The second-order valence-corrected chi connectivity index (χ2v) is 8.23. The molecule has 0 aliphatic heterocycles. The lowest BCUT2D eigenvalue weighted by Gasteiger charge is -2.17. The van der Waals surface area contributed by atoms with E-state index < -0.39 is 10.0 Å². The first-order valence-corrected chi connectivity index (χ1v) is 10.1. The Morgan fingerprint density at radius 1 is 0.958 bits per heavy atom. The summed E-state index contributed by atoms with van der Waals surface area (Å²) in [4.78, 5) is 0.297. The standard InChI is InChI=1S/C19H19NO2S2/c1-15-7-9-18(10-8-15)24(21,22)20-13-19(17-11-12-23-14-17)16-5-3-2-4-6-16/h2-12,14,19-20H,13H2,1H3/t19-/m1/s1. The quantitative estimate of drug-likeness (QED) is 0.720. The van der Waals surface area contributed by atoms with Crippen molar-refractivity contribution in [1.29, 1.82) is 0 Å². The van der Waals surface area contributed by atoms with Crippen molar-refractivity contribution in [2.45, 2.75) is 17.7 Å². The Bertz CT molecular complexity index is 871. The molecule has 5 heteroatoms. The molecule has 1 aromatic heterocycles. The van der Waals surface area contributed by atoms with E-state index in [0.29, 0.717) is 11.4 Å². The van der Waals surface area contributed by atoms with Crippen molar-refractivity contribution < 1.29 is 8.42 Å². The zero-order valence-corrected chi connectivity index (χ0v) is 15.0. The molecule has 0 amide bonds. The normalized spacial score (nSPS) is 12.9. The van der Waals surface area contributed by atoms with Crippen LogP contribution in [0, 0.1) is 6.92 Å². The minimum Gasteiger partial charge on any atom is -0.210 e. The zero-order valence-electron chi connectivity index (χ0n) is 13.3. The largest absolute Gasteiger partial charge is 0.240 e. The van der Waals surface area contributed by atoms with Gasteiger partial charge in [-0.1, -0.05) is 48.0 Å². The maximum absolute atomic E-state index is 12.5. The first kappa shape index (κ1) is 16.9. The molecule has 24 heavy (non-hydrogen) atoms. The van der Waals surface area contributed by atoms with Crippen LogP contribution in [0.1, 0.15) is 22.6 Å². The summed E-state index contributed by atoms with van der Waals surface area (Å²) in [5, 5.41) is 4.08. The van der Waals surface area contributed by atoms with Gasteiger partial charge in [-0.25, -0.2) is 13.1 Å². The van der Waals surface area contributed by atoms with E-state index in [-0.39, 0.29) is 5.92 Å². The smallest absolute Gasteiger partial charge is 0.210 e. The van der Waals surface area contributed by atoms with Crippen molar-refractivity contribution in [2.75, 3.05) is 6.54 Å². The Morgan fingerprint density at radius 2 is 1.67 bits per heavy atom. The first-order valence-electron chi connectivity index (χ1n) is 7.69. The molecule has 0 bridgehead atoms. The molecule has 2 aromatic carbocycles. The van der Waals surface area contributed by atoms with Gasteiger partial charge in [0.2, 0.25) is 10.0 Å². The number of hydrogen-bond donors (Lipinski definition) is 1. The van der Waals surface area contributed by atoms with E-state index >= 15 is 0 Å². The fraction of sp³-hybridized carbons (Fsp3) is 0.158. The molecular formula is C19H19NO2S2. The molecule has 0 unspecified atom stereocenters. The molecule has 1 N–H and O–H groups in total. The first-order chi connectivity index (χ1) is 11.6. The summed E-state index contributed by atoms with van der Waals surface area (Å²) in [7, 11) is -3.52. The third-order valence-electron chi connectivity index (χ3n) is 3.96. The van der Waals surface area contributed by atoms with Crippen molar-refractivity contribution >= 4 is 21.4 Å². The minimum absolute atomic E-state index is 0.00215. The van der Waals surface area contributed by atoms with Crippen molar-refractivity contribution in [3.8, 4) is 0 Å². The SMILES string of the molecule is Cc1ccc(S(=O)(=O)NC[C@H](c2ccccc2)c2ccsc2)cc1. The molecule has 3 aromatic rings. The second-order valence-electron chi connectivity index (χ2n) is 5.68. The number of sulfonamides is 1. The summed E-state index contributed by atoms with van der Waals surface area (Å²) < 4.78 is 27.8. The van der Waals surface area contributed by atoms with E-state index in [0.717, 1.165) is 16.7 Å². The summed E-state index contributed by atoms with van der Waals surface area (Å²) in [5.74, 6) is -0.00215. The van der Waals surface area contributed by atoms with Crippen molar-refractivity contribution in [2.24, 2.45) is 0 Å². The number of hydrogen-bond acceptors (Lipinski definition) is 3. The molecule has 1 heterocycles. The molecule has 0 aliphatic carbocycles. The highest BCUT2D eigenvalue weighted by molar-refractivity contribution is 7.89. The lowest BCUT2D eigenvalue weighted by molar-refractivity contribution is 0.577. The number of aryl methyl sites for hydroxylation is 1. The molecule has 0 saturated heterocycles. The molecule has 0 aliphatic rings. The summed E-state index contributed by atoms with van der Waals surface area (Å²) in [6.45, 7) is 2.27. The molecule has 0 saturated carbocycles. The van der Waals surface area contributed by atoms with Crippen LogP contribution < -0.4 is 4.72 Å². The third-order valence-corrected chi connectivity index (χ3v) is 6.10. The number of benzene rings is 2. The van der Waals surface area contributed by atoms with Crippen LogP contribution in [0.2, 0.25) is 0 Å². The van der Waals surface area contributed by atoms with Gasteiger partial charge < -0.3 is 0 Å². The van der Waals surface area contributed by atoms with E-state index in [2.05, 4.69) is 10.1 Å². The predicted molar refractivity (Wildman–Crippen MR) is 99.0 cm³/mol. The van der Waals surface area contributed by atoms with Crippen LogP contribution >= 0.6 is 11.3 Å². The molecule has 0 spiro atoms. The van der Waals surface area contributed by atoms with E-state index in [9.17, 15) is 8.42 Å². The Morgan fingerprint density at radius 3 is 2.29 bits per heavy atom. The van der Waals surface area contributed by atoms with E-state index in [4.69, 9.17) is 0 Å². The summed E-state index contributed by atoms with van der Waals surface area (Å²) in [6, 6.07) is 18.9. The summed E-state index contributed by atoms with van der Waals surface area (Å²) in [6.07, 6.45) is 0. The van der Waals surface area contributed by atoms with Gasteiger partial charge >= 0.3 is 0 Å². The topological polar surface area (TPSA) is 46.2 Å². The fourth-order valence-corrected chi connectivity index (χ4v) is 4.34. The molecule has 0 radical (unpaired) electrons. The van der Waals surface area contributed by atoms with Crippen LogP contribution in [0.3, 0.4) is 0 Å². The van der Waals surface area contributed by atoms with Gasteiger partial charge in [-0.2, -0.15) is 11.3 Å². The predicted octanol–water partition coefficient (Wildman–Crippen LogP) is 4.17. The van der Waals surface area contributed by atoms with Crippen molar-refractivity contribution in [3.63, 3.8) is 0 Å². The minimum atomic E-state index is -3.52. The van der Waals surface area contributed by atoms with E-state index in [1.165, 1.54) is 0 Å². The van der Waals surface area contributed by atoms with Gasteiger partial charge in [0.05, 0.1) is 4.90 Å². The third kappa shape index (κ3) is 3.93. The zero-order chi connectivity index (χ0) is 17.0. The molecule has 0 fully saturated rings. The van der Waals surface area contributed by atoms with Gasteiger partial charge in [-0.15, -0.1) is 0 Å². The van der Waals surface area contributed by atoms with Gasteiger partial charge in [0.15, 0.2) is 0 Å². The summed E-state index contributed by atoms with van der Waals surface area (Å²) >= 11 is 1.62. The van der Waals surface area contributed by atoms with Crippen LogP contribution in [0.15, 0.2) is 76.3 Å². The average molecular weight is 358 g/mol. The number of rotatable bonds is 6. The van der Waals surface area contributed by atoms with Crippen LogP contribution in [-0.4, -0.2) is 15.0 Å².